The summed E-state index contributed by atoms with van der Waals surface area (Å²) in [5.41, 5.74) is 0.0543. The molecular formula is C10H11N3O. The molecule has 14 heavy (non-hydrogen) atoms. The number of hydrogen-bond acceptors (Lipinski definition) is 4. The fourth-order valence-corrected chi connectivity index (χ4v) is 1.98. The van der Waals surface area contributed by atoms with E-state index >= 15 is 0 Å². The molecule has 1 fully saturated rings. The van der Waals surface area contributed by atoms with Crippen molar-refractivity contribution < 1.29 is 5.11 Å². The van der Waals surface area contributed by atoms with Gasteiger partial charge in [-0.2, -0.15) is 5.26 Å². The lowest BCUT2D eigenvalue weighted by Gasteiger charge is -2.41. The van der Waals surface area contributed by atoms with E-state index in [2.05, 4.69) is 16.9 Å². The molecule has 1 saturated carbocycles. The van der Waals surface area contributed by atoms with Crippen molar-refractivity contribution in [2.24, 2.45) is 5.92 Å². The normalized spacial score (nSPS) is 30.5. The van der Waals surface area contributed by atoms with Crippen molar-refractivity contribution in [3.05, 3.63) is 23.8 Å². The Morgan fingerprint density at radius 1 is 1.57 bits per heavy atom. The van der Waals surface area contributed by atoms with Crippen LogP contribution in [0.15, 0.2) is 12.4 Å². The van der Waals surface area contributed by atoms with Crippen LogP contribution in [0, 0.1) is 17.2 Å². The standard InChI is InChI=1S/C10H11N3O/c1-7-3-10(14,4-7)9-2-8(5-11)12-6-13-9/h2,6-7,14H,3-4H2,1H3. The summed E-state index contributed by atoms with van der Waals surface area (Å²) in [6.07, 6.45) is 2.76. The minimum atomic E-state index is -0.825. The van der Waals surface area contributed by atoms with Gasteiger partial charge in [-0.25, -0.2) is 9.97 Å². The van der Waals surface area contributed by atoms with Gasteiger partial charge in [0.25, 0.3) is 0 Å². The molecule has 0 amide bonds. The number of rotatable bonds is 1. The van der Waals surface area contributed by atoms with Crippen LogP contribution in [0.3, 0.4) is 0 Å². The van der Waals surface area contributed by atoms with Crippen LogP contribution in [-0.4, -0.2) is 15.1 Å². The van der Waals surface area contributed by atoms with Gasteiger partial charge in [0.2, 0.25) is 0 Å². The van der Waals surface area contributed by atoms with E-state index in [1.165, 1.54) is 6.33 Å². The van der Waals surface area contributed by atoms with Gasteiger partial charge in [-0.05, 0) is 24.8 Å². The molecule has 0 spiro atoms. The minimum Gasteiger partial charge on any atom is -0.384 e. The van der Waals surface area contributed by atoms with Crippen molar-refractivity contribution in [2.75, 3.05) is 0 Å². The highest BCUT2D eigenvalue weighted by Gasteiger charge is 2.42. The first-order chi connectivity index (χ1) is 6.64. The number of aromatic nitrogens is 2. The molecule has 0 radical (unpaired) electrons. The van der Waals surface area contributed by atoms with Crippen molar-refractivity contribution in [1.29, 1.82) is 5.26 Å². The molecule has 1 N–H and O–H groups in total. The molecule has 72 valence electrons. The minimum absolute atomic E-state index is 0.308. The second-order valence-corrected chi connectivity index (χ2v) is 3.95. The Hall–Kier alpha value is -1.47. The van der Waals surface area contributed by atoms with E-state index in [4.69, 9.17) is 5.26 Å². The zero-order valence-corrected chi connectivity index (χ0v) is 7.94. The third kappa shape index (κ3) is 1.36. The van der Waals surface area contributed by atoms with Crippen LogP contribution in [0.2, 0.25) is 0 Å². The van der Waals surface area contributed by atoms with Gasteiger partial charge in [0.05, 0.1) is 5.69 Å². The molecule has 4 heteroatoms. The summed E-state index contributed by atoms with van der Waals surface area (Å²) >= 11 is 0. The van der Waals surface area contributed by atoms with Crippen LogP contribution < -0.4 is 0 Å². The molecule has 0 aliphatic heterocycles. The van der Waals surface area contributed by atoms with Gasteiger partial charge in [0, 0.05) is 0 Å². The average molecular weight is 189 g/mol. The maximum atomic E-state index is 10.1. The molecule has 0 saturated heterocycles. The van der Waals surface area contributed by atoms with Crippen LogP contribution in [0.4, 0.5) is 0 Å². The van der Waals surface area contributed by atoms with E-state index in [0.29, 0.717) is 17.3 Å². The Kier molecular flexibility index (Phi) is 1.97. The Morgan fingerprint density at radius 3 is 2.86 bits per heavy atom. The summed E-state index contributed by atoms with van der Waals surface area (Å²) in [7, 11) is 0. The van der Waals surface area contributed by atoms with E-state index < -0.39 is 5.60 Å². The highest BCUT2D eigenvalue weighted by Crippen LogP contribution is 2.44. The molecule has 4 nitrogen and oxygen atoms in total. The molecule has 0 aromatic carbocycles. The van der Waals surface area contributed by atoms with Crippen molar-refractivity contribution in [1.82, 2.24) is 9.97 Å². The largest absolute Gasteiger partial charge is 0.384 e. The summed E-state index contributed by atoms with van der Waals surface area (Å²) in [5.74, 6) is 0.528. The molecule has 1 aliphatic carbocycles. The van der Waals surface area contributed by atoms with Crippen LogP contribution in [0.5, 0.6) is 0 Å². The molecule has 0 bridgehead atoms. The average Bonchev–Trinajstić information content (AvgIpc) is 2.16. The molecule has 1 aliphatic rings. The first-order valence-corrected chi connectivity index (χ1v) is 4.59. The van der Waals surface area contributed by atoms with Gasteiger partial charge in [-0.3, -0.25) is 0 Å². The van der Waals surface area contributed by atoms with E-state index in [-0.39, 0.29) is 0 Å². The van der Waals surface area contributed by atoms with Gasteiger partial charge in [0.15, 0.2) is 0 Å². The van der Waals surface area contributed by atoms with Gasteiger partial charge in [0.1, 0.15) is 23.7 Å². The molecule has 0 unspecified atom stereocenters. The predicted octanol–water partition coefficient (Wildman–Crippen LogP) is 0.966. The zero-order valence-electron chi connectivity index (χ0n) is 7.94. The Bertz CT molecular complexity index is 391. The molecule has 1 heterocycles. The van der Waals surface area contributed by atoms with Crippen LogP contribution >= 0.6 is 0 Å². The molecular weight excluding hydrogens is 178 g/mol. The van der Waals surface area contributed by atoms with E-state index in [0.717, 1.165) is 12.8 Å². The van der Waals surface area contributed by atoms with Crippen molar-refractivity contribution in [3.8, 4) is 6.07 Å². The Labute approximate surface area is 82.2 Å². The second-order valence-electron chi connectivity index (χ2n) is 3.95. The third-order valence-electron chi connectivity index (χ3n) is 2.63. The SMILES string of the molecule is CC1CC(O)(c2cc(C#N)ncn2)C1. The zero-order chi connectivity index (χ0) is 10.2. The van der Waals surface area contributed by atoms with Gasteiger partial charge in [-0.15, -0.1) is 0 Å². The number of nitrogens with zero attached hydrogens (tertiary/aromatic N) is 3. The fourth-order valence-electron chi connectivity index (χ4n) is 1.98. The van der Waals surface area contributed by atoms with Gasteiger partial charge >= 0.3 is 0 Å². The lowest BCUT2D eigenvalue weighted by molar-refractivity contribution is -0.0774. The van der Waals surface area contributed by atoms with Crippen LogP contribution in [0.25, 0.3) is 0 Å². The number of aliphatic hydroxyl groups is 1. The van der Waals surface area contributed by atoms with Crippen molar-refractivity contribution >= 4 is 0 Å². The first kappa shape index (κ1) is 9.10. The predicted molar refractivity (Wildman–Crippen MR) is 49.0 cm³/mol. The first-order valence-electron chi connectivity index (χ1n) is 4.59. The smallest absolute Gasteiger partial charge is 0.144 e. The second kappa shape index (κ2) is 3.03. The number of hydrogen-bond donors (Lipinski definition) is 1. The monoisotopic (exact) mass is 189 g/mol. The third-order valence-corrected chi connectivity index (χ3v) is 2.63. The van der Waals surface area contributed by atoms with E-state index in [9.17, 15) is 5.11 Å². The molecule has 2 rings (SSSR count). The number of nitriles is 1. The van der Waals surface area contributed by atoms with E-state index in [1.807, 2.05) is 6.07 Å². The summed E-state index contributed by atoms with van der Waals surface area (Å²) in [4.78, 5) is 7.77. The fraction of sp³-hybridized carbons (Fsp3) is 0.500. The molecule has 1 aromatic rings. The quantitative estimate of drug-likeness (QED) is 0.714. The highest BCUT2D eigenvalue weighted by atomic mass is 16.3. The summed E-state index contributed by atoms with van der Waals surface area (Å²) in [5, 5.41) is 18.7. The lowest BCUT2D eigenvalue weighted by atomic mass is 9.70. The summed E-state index contributed by atoms with van der Waals surface area (Å²) < 4.78 is 0. The maximum absolute atomic E-state index is 10.1. The topological polar surface area (TPSA) is 69.8 Å². The summed E-state index contributed by atoms with van der Waals surface area (Å²) in [6, 6.07) is 3.50. The van der Waals surface area contributed by atoms with Crippen molar-refractivity contribution in [2.45, 2.75) is 25.4 Å². The highest BCUT2D eigenvalue weighted by molar-refractivity contribution is 5.25. The van der Waals surface area contributed by atoms with E-state index in [1.54, 1.807) is 6.07 Å². The Morgan fingerprint density at radius 2 is 2.29 bits per heavy atom. The van der Waals surface area contributed by atoms with Crippen LogP contribution in [0.1, 0.15) is 31.2 Å². The molecule has 1 aromatic heterocycles. The van der Waals surface area contributed by atoms with Crippen LogP contribution in [-0.2, 0) is 5.60 Å². The molecule has 0 atom stereocenters. The Balaban J connectivity index is 2.29. The van der Waals surface area contributed by atoms with Gasteiger partial charge < -0.3 is 5.11 Å². The lowest BCUT2D eigenvalue weighted by Crippen LogP contribution is -2.40. The maximum Gasteiger partial charge on any atom is 0.144 e. The van der Waals surface area contributed by atoms with Gasteiger partial charge in [-0.1, -0.05) is 6.92 Å². The van der Waals surface area contributed by atoms with Crippen molar-refractivity contribution in [3.63, 3.8) is 0 Å². The summed E-state index contributed by atoms with van der Waals surface area (Å²) in [6.45, 7) is 2.08.